The highest BCUT2D eigenvalue weighted by molar-refractivity contribution is 5.39. The molecule has 3 aromatic heterocycles. The van der Waals surface area contributed by atoms with Crippen LogP contribution in [-0.4, -0.2) is 31.0 Å². The summed E-state index contributed by atoms with van der Waals surface area (Å²) in [5.41, 5.74) is 2.09. The number of likely N-dealkylation sites (tertiary alicyclic amines) is 1. The van der Waals surface area contributed by atoms with E-state index in [1.54, 1.807) is 0 Å². The van der Waals surface area contributed by atoms with Gasteiger partial charge in [-0.3, -0.25) is 4.90 Å². The molecule has 4 heterocycles. The molecular weight excluding hydrogens is 290 g/mol. The smallest absolute Gasteiger partial charge is 0.229 e. The Hall–Kier alpha value is -2.21. The second-order valence-corrected chi connectivity index (χ2v) is 6.59. The third kappa shape index (κ3) is 2.43. The summed E-state index contributed by atoms with van der Waals surface area (Å²) in [6, 6.07) is 6.34. The predicted molar refractivity (Wildman–Crippen MR) is 83.9 cm³/mol. The van der Waals surface area contributed by atoms with Crippen molar-refractivity contribution < 1.29 is 4.52 Å². The molecule has 2 aliphatic rings. The summed E-state index contributed by atoms with van der Waals surface area (Å²) in [5.74, 6) is 2.21. The zero-order valence-corrected chi connectivity index (χ0v) is 12.9. The minimum absolute atomic E-state index is 0.260. The van der Waals surface area contributed by atoms with Gasteiger partial charge in [-0.2, -0.15) is 4.98 Å². The number of rotatable bonds is 4. The number of hydrogen-bond donors (Lipinski definition) is 0. The minimum Gasteiger partial charge on any atom is -0.339 e. The van der Waals surface area contributed by atoms with Crippen molar-refractivity contribution >= 4 is 5.65 Å². The van der Waals surface area contributed by atoms with Gasteiger partial charge >= 0.3 is 0 Å². The SMILES string of the molecule is c1ccn2cc(CN3CCCC3c3noc(C4CC4)n3)nc2c1. The molecule has 1 aliphatic carbocycles. The van der Waals surface area contributed by atoms with Crippen molar-refractivity contribution in [3.8, 4) is 0 Å². The second kappa shape index (κ2) is 5.16. The van der Waals surface area contributed by atoms with Gasteiger partial charge in [0.15, 0.2) is 5.82 Å². The number of hydrogen-bond acceptors (Lipinski definition) is 5. The molecule has 6 heteroatoms. The van der Waals surface area contributed by atoms with Crippen LogP contribution >= 0.6 is 0 Å². The summed E-state index contributed by atoms with van der Waals surface area (Å²) >= 11 is 0. The molecule has 0 bridgehead atoms. The number of pyridine rings is 1. The first-order valence-electron chi connectivity index (χ1n) is 8.37. The summed E-state index contributed by atoms with van der Waals surface area (Å²) in [6.07, 6.45) is 8.79. The van der Waals surface area contributed by atoms with Gasteiger partial charge in [-0.05, 0) is 44.4 Å². The fourth-order valence-corrected chi connectivity index (χ4v) is 3.46. The van der Waals surface area contributed by atoms with Gasteiger partial charge in [0.1, 0.15) is 5.65 Å². The first kappa shape index (κ1) is 13.2. The van der Waals surface area contributed by atoms with Gasteiger partial charge in [0.2, 0.25) is 5.89 Å². The summed E-state index contributed by atoms with van der Waals surface area (Å²) in [4.78, 5) is 11.8. The lowest BCUT2D eigenvalue weighted by Crippen LogP contribution is -2.23. The van der Waals surface area contributed by atoms with E-state index in [-0.39, 0.29) is 6.04 Å². The van der Waals surface area contributed by atoms with Crippen molar-refractivity contribution in [2.45, 2.75) is 44.2 Å². The highest BCUT2D eigenvalue weighted by atomic mass is 16.5. The van der Waals surface area contributed by atoms with E-state index in [9.17, 15) is 0 Å². The van der Waals surface area contributed by atoms with Crippen LogP contribution in [0.4, 0.5) is 0 Å². The minimum atomic E-state index is 0.260. The molecule has 1 saturated heterocycles. The van der Waals surface area contributed by atoms with E-state index in [1.807, 2.05) is 24.4 Å². The van der Waals surface area contributed by atoms with E-state index in [1.165, 1.54) is 19.3 Å². The summed E-state index contributed by atoms with van der Waals surface area (Å²) in [6.45, 7) is 1.89. The van der Waals surface area contributed by atoms with Crippen molar-refractivity contribution in [1.82, 2.24) is 24.4 Å². The monoisotopic (exact) mass is 309 g/mol. The zero-order chi connectivity index (χ0) is 15.2. The van der Waals surface area contributed by atoms with Crippen molar-refractivity contribution in [2.75, 3.05) is 6.54 Å². The van der Waals surface area contributed by atoms with Crippen LogP contribution in [0.25, 0.3) is 5.65 Å². The molecule has 0 radical (unpaired) electrons. The van der Waals surface area contributed by atoms with Gasteiger partial charge in [-0.25, -0.2) is 4.98 Å². The average molecular weight is 309 g/mol. The molecule has 0 aromatic carbocycles. The molecule has 5 rings (SSSR count). The third-order valence-corrected chi connectivity index (χ3v) is 4.82. The first-order chi connectivity index (χ1) is 11.4. The van der Waals surface area contributed by atoms with Crippen LogP contribution < -0.4 is 0 Å². The Labute approximate surface area is 134 Å². The molecular formula is C17H19N5O. The molecule has 3 aromatic rings. The number of aromatic nitrogens is 4. The van der Waals surface area contributed by atoms with E-state index in [0.717, 1.165) is 42.6 Å². The van der Waals surface area contributed by atoms with Gasteiger partial charge in [-0.15, -0.1) is 0 Å². The normalized spacial score (nSPS) is 22.2. The zero-order valence-electron chi connectivity index (χ0n) is 12.9. The molecule has 1 unspecified atom stereocenters. The lowest BCUT2D eigenvalue weighted by atomic mass is 10.2. The predicted octanol–water partition coefficient (Wildman–Crippen LogP) is 2.93. The van der Waals surface area contributed by atoms with E-state index in [4.69, 9.17) is 9.51 Å². The van der Waals surface area contributed by atoms with Crippen LogP contribution in [0, 0.1) is 0 Å². The van der Waals surface area contributed by atoms with Gasteiger partial charge < -0.3 is 8.92 Å². The van der Waals surface area contributed by atoms with Crippen molar-refractivity contribution in [1.29, 1.82) is 0 Å². The number of nitrogens with zero attached hydrogens (tertiary/aromatic N) is 5. The highest BCUT2D eigenvalue weighted by Gasteiger charge is 2.34. The fraction of sp³-hybridized carbons (Fsp3) is 0.471. The molecule has 1 saturated carbocycles. The molecule has 1 atom stereocenters. The van der Waals surface area contributed by atoms with Crippen molar-refractivity contribution in [2.24, 2.45) is 0 Å². The molecule has 23 heavy (non-hydrogen) atoms. The van der Waals surface area contributed by atoms with Crippen LogP contribution in [-0.2, 0) is 6.54 Å². The quantitative estimate of drug-likeness (QED) is 0.741. The Bertz CT molecular complexity index is 801. The van der Waals surface area contributed by atoms with Gasteiger partial charge in [0.05, 0.1) is 11.7 Å². The second-order valence-electron chi connectivity index (χ2n) is 6.59. The van der Waals surface area contributed by atoms with Gasteiger partial charge in [0.25, 0.3) is 0 Å². The van der Waals surface area contributed by atoms with Crippen LogP contribution in [0.2, 0.25) is 0 Å². The summed E-state index contributed by atoms with van der Waals surface area (Å²) in [7, 11) is 0. The maximum Gasteiger partial charge on any atom is 0.229 e. The lowest BCUT2D eigenvalue weighted by molar-refractivity contribution is 0.232. The van der Waals surface area contributed by atoms with Crippen LogP contribution in [0.5, 0.6) is 0 Å². The largest absolute Gasteiger partial charge is 0.339 e. The van der Waals surface area contributed by atoms with E-state index >= 15 is 0 Å². The molecule has 2 fully saturated rings. The summed E-state index contributed by atoms with van der Waals surface area (Å²) in [5, 5.41) is 4.24. The standard InChI is InChI=1S/C17H19N5O/c1-2-8-22-11-13(18-15(22)5-1)10-21-9-3-4-14(21)16-19-17(23-20-16)12-6-7-12/h1-2,5,8,11-12,14H,3-4,6-7,9-10H2. The average Bonchev–Trinajstić information content (AvgIpc) is 3.00. The highest BCUT2D eigenvalue weighted by Crippen LogP contribution is 2.40. The van der Waals surface area contributed by atoms with E-state index in [0.29, 0.717) is 5.92 Å². The first-order valence-corrected chi connectivity index (χ1v) is 8.37. The Morgan fingerprint density at radius 2 is 2.13 bits per heavy atom. The Morgan fingerprint density at radius 3 is 3.00 bits per heavy atom. The Balaban J connectivity index is 1.37. The summed E-state index contributed by atoms with van der Waals surface area (Å²) < 4.78 is 7.51. The lowest BCUT2D eigenvalue weighted by Gasteiger charge is -2.20. The molecule has 1 aliphatic heterocycles. The van der Waals surface area contributed by atoms with Crippen LogP contribution in [0.3, 0.4) is 0 Å². The van der Waals surface area contributed by atoms with Gasteiger partial charge in [-0.1, -0.05) is 11.2 Å². The maximum absolute atomic E-state index is 5.44. The topological polar surface area (TPSA) is 59.5 Å². The third-order valence-electron chi connectivity index (χ3n) is 4.82. The maximum atomic E-state index is 5.44. The Morgan fingerprint density at radius 1 is 1.17 bits per heavy atom. The molecule has 0 amide bonds. The van der Waals surface area contributed by atoms with Crippen molar-refractivity contribution in [3.63, 3.8) is 0 Å². The Kier molecular flexibility index (Phi) is 2.97. The van der Waals surface area contributed by atoms with Crippen LogP contribution in [0.15, 0.2) is 35.1 Å². The number of imidazole rings is 1. The van der Waals surface area contributed by atoms with Gasteiger partial charge in [0, 0.05) is 24.9 Å². The fourth-order valence-electron chi connectivity index (χ4n) is 3.46. The van der Waals surface area contributed by atoms with Crippen LogP contribution in [0.1, 0.15) is 55.1 Å². The van der Waals surface area contributed by atoms with E-state index < -0.39 is 0 Å². The van der Waals surface area contributed by atoms with E-state index in [2.05, 4.69) is 25.6 Å². The number of fused-ring (bicyclic) bond motifs is 1. The molecule has 0 N–H and O–H groups in total. The molecule has 118 valence electrons. The molecule has 6 nitrogen and oxygen atoms in total. The molecule has 0 spiro atoms. The van der Waals surface area contributed by atoms with Crippen molar-refractivity contribution in [3.05, 3.63) is 48.0 Å².